The van der Waals surface area contributed by atoms with Gasteiger partial charge in [-0.15, -0.1) is 0 Å². The highest BCUT2D eigenvalue weighted by atomic mass is 16.4. The van der Waals surface area contributed by atoms with Crippen molar-refractivity contribution in [3.8, 4) is 0 Å². The number of rotatable bonds is 12. The van der Waals surface area contributed by atoms with Crippen LogP contribution in [0.5, 0.6) is 0 Å². The Morgan fingerprint density at radius 2 is 1.86 bits per heavy atom. The van der Waals surface area contributed by atoms with Crippen molar-refractivity contribution in [3.05, 3.63) is 18.2 Å². The Kier molecular flexibility index (Phi) is 9.09. The van der Waals surface area contributed by atoms with Crippen LogP contribution in [0, 0.1) is 0 Å². The molecule has 0 saturated heterocycles. The fraction of sp³-hybridized carbons (Fsp3) is 0.467. The van der Waals surface area contributed by atoms with E-state index in [0.717, 1.165) is 0 Å². The van der Waals surface area contributed by atoms with Gasteiger partial charge in [-0.25, -0.2) is 4.98 Å². The van der Waals surface area contributed by atoms with Crippen LogP contribution in [0.3, 0.4) is 0 Å². The van der Waals surface area contributed by atoms with Gasteiger partial charge in [-0.2, -0.15) is 0 Å². The van der Waals surface area contributed by atoms with Gasteiger partial charge in [-0.3, -0.25) is 24.0 Å². The van der Waals surface area contributed by atoms with E-state index < -0.39 is 54.8 Å². The summed E-state index contributed by atoms with van der Waals surface area (Å²) in [7, 11) is 0. The van der Waals surface area contributed by atoms with E-state index in [2.05, 4.69) is 25.9 Å². The number of nitrogens with one attached hydrogen (secondary N) is 4. The van der Waals surface area contributed by atoms with Gasteiger partial charge in [0.1, 0.15) is 12.6 Å². The largest absolute Gasteiger partial charge is 0.480 e. The normalized spacial score (nSPS) is 12.5. The number of aliphatic carboxylic acids is 1. The second-order valence-corrected chi connectivity index (χ2v) is 5.84. The fourth-order valence-electron chi connectivity index (χ4n) is 2.06. The molecule has 0 aromatic carbocycles. The summed E-state index contributed by atoms with van der Waals surface area (Å²) in [6, 6.07) is -2.14. The van der Waals surface area contributed by atoms with E-state index in [-0.39, 0.29) is 19.3 Å². The molecule has 0 saturated carbocycles. The van der Waals surface area contributed by atoms with Crippen molar-refractivity contribution in [2.75, 3.05) is 13.1 Å². The van der Waals surface area contributed by atoms with Gasteiger partial charge < -0.3 is 37.5 Å². The minimum absolute atomic E-state index is 0.0111. The lowest BCUT2D eigenvalue weighted by Crippen LogP contribution is -2.53. The van der Waals surface area contributed by atoms with Crippen molar-refractivity contribution >= 4 is 29.6 Å². The molecule has 1 aromatic heterocycles. The van der Waals surface area contributed by atoms with Gasteiger partial charge in [-0.1, -0.05) is 0 Å². The lowest BCUT2D eigenvalue weighted by Gasteiger charge is -2.20. The zero-order valence-corrected chi connectivity index (χ0v) is 14.9. The van der Waals surface area contributed by atoms with Crippen molar-refractivity contribution in [1.82, 2.24) is 25.9 Å². The highest BCUT2D eigenvalue weighted by Gasteiger charge is 2.25. The van der Waals surface area contributed by atoms with E-state index in [1.165, 1.54) is 12.5 Å². The van der Waals surface area contributed by atoms with Crippen LogP contribution in [-0.4, -0.2) is 69.8 Å². The molecule has 1 heterocycles. The van der Waals surface area contributed by atoms with Gasteiger partial charge >= 0.3 is 5.97 Å². The quantitative estimate of drug-likeness (QED) is 0.186. The van der Waals surface area contributed by atoms with Crippen molar-refractivity contribution < 1.29 is 29.1 Å². The number of hydrogen-bond acceptors (Lipinski definition) is 7. The van der Waals surface area contributed by atoms with Crippen molar-refractivity contribution in [2.24, 2.45) is 11.5 Å². The van der Waals surface area contributed by atoms with Crippen LogP contribution in [-0.2, 0) is 30.4 Å². The molecule has 0 fully saturated rings. The lowest BCUT2D eigenvalue weighted by atomic mass is 10.1. The van der Waals surface area contributed by atoms with Crippen molar-refractivity contribution in [1.29, 1.82) is 0 Å². The highest BCUT2D eigenvalue weighted by Crippen LogP contribution is 2.01. The summed E-state index contributed by atoms with van der Waals surface area (Å²) in [4.78, 5) is 63.9. The molecule has 28 heavy (non-hydrogen) atoms. The second-order valence-electron chi connectivity index (χ2n) is 5.84. The maximum Gasteiger partial charge on any atom is 0.322 e. The Hall–Kier alpha value is -3.48. The number of aromatic amines is 1. The summed E-state index contributed by atoms with van der Waals surface area (Å²) in [5, 5.41) is 15.3. The SMILES string of the molecule is NC(=O)CCC(N)C(=O)NC(Cc1cnc[nH]1)C(=O)NCC(=O)NCC(=O)O. The van der Waals surface area contributed by atoms with Crippen molar-refractivity contribution in [3.63, 3.8) is 0 Å². The molecule has 0 spiro atoms. The van der Waals surface area contributed by atoms with E-state index in [1.807, 2.05) is 0 Å². The molecule has 13 nitrogen and oxygen atoms in total. The third-order valence-electron chi connectivity index (χ3n) is 3.51. The first-order valence-corrected chi connectivity index (χ1v) is 8.26. The summed E-state index contributed by atoms with van der Waals surface area (Å²) in [6.45, 7) is -1.06. The first-order chi connectivity index (χ1) is 13.2. The average molecular weight is 397 g/mol. The number of carbonyl (C=O) groups excluding carboxylic acids is 4. The number of amides is 4. The predicted octanol–water partition coefficient (Wildman–Crippen LogP) is -3.65. The third kappa shape index (κ3) is 8.75. The maximum absolute atomic E-state index is 12.4. The van der Waals surface area contributed by atoms with Crippen LogP contribution < -0.4 is 27.4 Å². The van der Waals surface area contributed by atoms with Gasteiger partial charge in [-0.05, 0) is 6.42 Å². The van der Waals surface area contributed by atoms with E-state index >= 15 is 0 Å². The number of aromatic nitrogens is 2. The minimum Gasteiger partial charge on any atom is -0.480 e. The second kappa shape index (κ2) is 11.3. The first-order valence-electron chi connectivity index (χ1n) is 8.26. The molecule has 154 valence electrons. The van der Waals surface area contributed by atoms with Crippen LogP contribution in [0.4, 0.5) is 0 Å². The summed E-state index contributed by atoms with van der Waals surface area (Å²) >= 11 is 0. The van der Waals surface area contributed by atoms with Crippen LogP contribution in [0.25, 0.3) is 0 Å². The molecule has 9 N–H and O–H groups in total. The summed E-state index contributed by atoms with van der Waals surface area (Å²) < 4.78 is 0. The maximum atomic E-state index is 12.4. The Morgan fingerprint density at radius 1 is 1.14 bits per heavy atom. The van der Waals surface area contributed by atoms with Crippen LogP contribution in [0.1, 0.15) is 18.5 Å². The number of primary amides is 1. The van der Waals surface area contributed by atoms with E-state index in [4.69, 9.17) is 16.6 Å². The molecule has 0 aliphatic heterocycles. The highest BCUT2D eigenvalue weighted by molar-refractivity contribution is 5.92. The molecule has 1 rings (SSSR count). The number of carbonyl (C=O) groups is 5. The number of imidazole rings is 1. The molecule has 0 bridgehead atoms. The Balaban J connectivity index is 2.66. The molecule has 2 atom stereocenters. The monoisotopic (exact) mass is 397 g/mol. The number of carboxylic acid groups (broad SMARTS) is 1. The number of nitrogens with zero attached hydrogens (tertiary/aromatic N) is 1. The van der Waals surface area contributed by atoms with Crippen LogP contribution in [0.15, 0.2) is 12.5 Å². The lowest BCUT2D eigenvalue weighted by molar-refractivity contribution is -0.138. The smallest absolute Gasteiger partial charge is 0.322 e. The Labute approximate surface area is 159 Å². The average Bonchev–Trinajstić information content (AvgIpc) is 3.14. The summed E-state index contributed by atoms with van der Waals surface area (Å²) in [6.07, 6.45) is 2.81. The van der Waals surface area contributed by atoms with Crippen LogP contribution in [0.2, 0.25) is 0 Å². The molecule has 13 heteroatoms. The summed E-state index contributed by atoms with van der Waals surface area (Å²) in [5.74, 6) is -3.90. The van der Waals surface area contributed by atoms with Gasteiger partial charge in [0.25, 0.3) is 0 Å². The van der Waals surface area contributed by atoms with Gasteiger partial charge in [0.2, 0.25) is 23.6 Å². The Morgan fingerprint density at radius 3 is 2.43 bits per heavy atom. The molecule has 4 amide bonds. The molecule has 0 aliphatic rings. The molecule has 0 aliphatic carbocycles. The Bertz CT molecular complexity index is 706. The van der Waals surface area contributed by atoms with E-state index in [9.17, 15) is 24.0 Å². The molecule has 2 unspecified atom stereocenters. The van der Waals surface area contributed by atoms with E-state index in [1.54, 1.807) is 0 Å². The van der Waals surface area contributed by atoms with Gasteiger partial charge in [0.05, 0.1) is 18.9 Å². The predicted molar refractivity (Wildman–Crippen MR) is 94.3 cm³/mol. The molecular weight excluding hydrogens is 374 g/mol. The first kappa shape index (κ1) is 22.6. The number of hydrogen-bond donors (Lipinski definition) is 7. The number of carboxylic acids is 1. The van der Waals surface area contributed by atoms with Gasteiger partial charge in [0.15, 0.2) is 0 Å². The summed E-state index contributed by atoms with van der Waals surface area (Å²) in [5.41, 5.74) is 11.2. The topological polar surface area (TPSA) is 222 Å². The van der Waals surface area contributed by atoms with E-state index in [0.29, 0.717) is 5.69 Å². The van der Waals surface area contributed by atoms with Crippen LogP contribution >= 0.6 is 0 Å². The third-order valence-corrected chi connectivity index (χ3v) is 3.51. The number of H-pyrrole nitrogens is 1. The van der Waals surface area contributed by atoms with Gasteiger partial charge in [0, 0.05) is 24.7 Å². The molecular formula is C15H23N7O6. The zero-order chi connectivity index (χ0) is 21.1. The standard InChI is InChI=1S/C15H23N7O6/c16-9(1-2-11(17)23)14(27)22-10(3-8-4-18-7-21-8)15(28)20-5-12(24)19-6-13(25)26/h4,7,9-10H,1-3,5-6,16H2,(H2,17,23)(H,18,21)(H,19,24)(H,20,28)(H,22,27)(H,25,26). The fourth-order valence-corrected chi connectivity index (χ4v) is 2.06. The zero-order valence-electron chi connectivity index (χ0n) is 14.9. The molecule has 1 aromatic rings. The van der Waals surface area contributed by atoms with Crippen molar-refractivity contribution in [2.45, 2.75) is 31.3 Å². The molecule has 0 radical (unpaired) electrons. The minimum atomic E-state index is -1.23. The number of nitrogens with two attached hydrogens (primary N) is 2.